The van der Waals surface area contributed by atoms with Gasteiger partial charge in [0.1, 0.15) is 0 Å². The molecule has 0 aliphatic carbocycles. The zero-order chi connectivity index (χ0) is 14.5. The minimum atomic E-state index is -0.346. The van der Waals surface area contributed by atoms with Gasteiger partial charge < -0.3 is 5.32 Å². The number of hydrogen-bond acceptors (Lipinski definition) is 4. The zero-order valence-corrected chi connectivity index (χ0v) is 12.4. The lowest BCUT2D eigenvalue weighted by Crippen LogP contribution is -2.17. The van der Waals surface area contributed by atoms with Gasteiger partial charge in [-0.15, -0.1) is 0 Å². The Bertz CT molecular complexity index is 578. The largest absolute Gasteiger partial charge is 0.324 e. The van der Waals surface area contributed by atoms with E-state index in [9.17, 15) is 10.1 Å². The third-order valence-electron chi connectivity index (χ3n) is 3.30. The van der Waals surface area contributed by atoms with Gasteiger partial charge in [-0.1, -0.05) is 42.5 Å². The van der Waals surface area contributed by atoms with E-state index in [4.69, 9.17) is 0 Å². The quantitative estimate of drug-likeness (QED) is 0.644. The summed E-state index contributed by atoms with van der Waals surface area (Å²) in [6.07, 6.45) is 1.04. The average Bonchev–Trinajstić information content (AvgIpc) is 2.94. The Labute approximate surface area is 122 Å². The lowest BCUT2D eigenvalue weighted by Gasteiger charge is -2.13. The molecule has 2 rings (SSSR count). The molecule has 0 aliphatic heterocycles. The Morgan fingerprint density at radius 2 is 1.95 bits per heavy atom. The molecule has 0 amide bonds. The first-order valence-corrected chi connectivity index (χ1v) is 7.47. The molecule has 106 valence electrons. The summed E-state index contributed by atoms with van der Waals surface area (Å²) in [5, 5.41) is 14.2. The monoisotopic (exact) mass is 290 g/mol. The van der Waals surface area contributed by atoms with E-state index in [1.807, 2.05) is 6.07 Å². The number of nitro groups is 1. The van der Waals surface area contributed by atoms with Crippen molar-refractivity contribution in [3.8, 4) is 0 Å². The van der Waals surface area contributed by atoms with Gasteiger partial charge in [0.05, 0.1) is 4.92 Å². The molecule has 5 heteroatoms. The molecule has 1 heterocycles. The second kappa shape index (κ2) is 6.63. The van der Waals surface area contributed by atoms with Gasteiger partial charge in [0, 0.05) is 23.5 Å². The van der Waals surface area contributed by atoms with E-state index in [0.29, 0.717) is 6.54 Å². The SMILES string of the molecule is CCc1ccc(C(C)NCc2ccc([N+](=O)[O-])s2)cc1. The molecule has 1 aromatic heterocycles. The molecular formula is C15H18N2O2S. The van der Waals surface area contributed by atoms with Crippen molar-refractivity contribution in [2.45, 2.75) is 32.9 Å². The van der Waals surface area contributed by atoms with Crippen molar-refractivity contribution in [2.24, 2.45) is 0 Å². The van der Waals surface area contributed by atoms with E-state index in [1.165, 1.54) is 22.5 Å². The summed E-state index contributed by atoms with van der Waals surface area (Å²) in [5.74, 6) is 0. The highest BCUT2D eigenvalue weighted by molar-refractivity contribution is 7.15. The molecule has 0 radical (unpaired) electrons. The first kappa shape index (κ1) is 14.7. The molecule has 1 N–H and O–H groups in total. The van der Waals surface area contributed by atoms with Crippen LogP contribution in [-0.4, -0.2) is 4.92 Å². The van der Waals surface area contributed by atoms with Crippen LogP contribution in [0.1, 0.15) is 35.9 Å². The Hall–Kier alpha value is -1.72. The van der Waals surface area contributed by atoms with Crippen LogP contribution in [0.5, 0.6) is 0 Å². The van der Waals surface area contributed by atoms with Crippen molar-refractivity contribution < 1.29 is 4.92 Å². The first-order chi connectivity index (χ1) is 9.60. The second-order valence-corrected chi connectivity index (χ2v) is 5.84. The molecule has 0 bridgehead atoms. The van der Waals surface area contributed by atoms with Crippen molar-refractivity contribution in [1.29, 1.82) is 0 Å². The summed E-state index contributed by atoms with van der Waals surface area (Å²) in [4.78, 5) is 11.3. The smallest absolute Gasteiger partial charge is 0.305 e. The number of hydrogen-bond donors (Lipinski definition) is 1. The standard InChI is InChI=1S/C15H18N2O2S/c1-3-12-4-6-13(7-5-12)11(2)16-10-14-8-9-15(20-14)17(18)19/h4-9,11,16H,3,10H2,1-2H3. The highest BCUT2D eigenvalue weighted by atomic mass is 32.1. The Balaban J connectivity index is 1.93. The number of benzene rings is 1. The summed E-state index contributed by atoms with van der Waals surface area (Å²) in [5.41, 5.74) is 2.56. The van der Waals surface area contributed by atoms with E-state index in [1.54, 1.807) is 6.07 Å². The molecule has 0 fully saturated rings. The van der Waals surface area contributed by atoms with Crippen LogP contribution in [0.2, 0.25) is 0 Å². The number of nitrogens with zero attached hydrogens (tertiary/aromatic N) is 1. The summed E-state index contributed by atoms with van der Waals surface area (Å²) in [6.45, 7) is 4.89. The zero-order valence-electron chi connectivity index (χ0n) is 11.6. The predicted octanol–water partition coefficient (Wildman–Crippen LogP) is 4.07. The molecule has 20 heavy (non-hydrogen) atoms. The molecule has 0 saturated carbocycles. The van der Waals surface area contributed by atoms with E-state index in [-0.39, 0.29) is 16.0 Å². The molecule has 0 saturated heterocycles. The van der Waals surface area contributed by atoms with Crippen molar-refractivity contribution in [2.75, 3.05) is 0 Å². The lowest BCUT2D eigenvalue weighted by molar-refractivity contribution is -0.380. The van der Waals surface area contributed by atoms with Crippen LogP contribution in [-0.2, 0) is 13.0 Å². The van der Waals surface area contributed by atoms with Crippen LogP contribution in [0, 0.1) is 10.1 Å². The third-order valence-corrected chi connectivity index (χ3v) is 4.33. The minimum Gasteiger partial charge on any atom is -0.305 e. The molecule has 0 spiro atoms. The Morgan fingerprint density at radius 3 is 2.50 bits per heavy atom. The summed E-state index contributed by atoms with van der Waals surface area (Å²) < 4.78 is 0. The second-order valence-electron chi connectivity index (χ2n) is 4.69. The highest BCUT2D eigenvalue weighted by Gasteiger charge is 2.11. The summed E-state index contributed by atoms with van der Waals surface area (Å²) in [6, 6.07) is 12.1. The Kier molecular flexibility index (Phi) is 4.87. The first-order valence-electron chi connectivity index (χ1n) is 6.65. The predicted molar refractivity (Wildman–Crippen MR) is 82.0 cm³/mol. The fraction of sp³-hybridized carbons (Fsp3) is 0.333. The molecule has 1 atom stereocenters. The fourth-order valence-electron chi connectivity index (χ4n) is 1.97. The molecule has 1 unspecified atom stereocenters. The van der Waals surface area contributed by atoms with E-state index >= 15 is 0 Å². The third kappa shape index (κ3) is 3.65. The summed E-state index contributed by atoms with van der Waals surface area (Å²) in [7, 11) is 0. The van der Waals surface area contributed by atoms with Gasteiger partial charge in [-0.25, -0.2) is 0 Å². The Morgan fingerprint density at radius 1 is 1.25 bits per heavy atom. The van der Waals surface area contributed by atoms with Crippen LogP contribution in [0.15, 0.2) is 36.4 Å². The van der Waals surface area contributed by atoms with Gasteiger partial charge in [0.2, 0.25) is 0 Å². The lowest BCUT2D eigenvalue weighted by atomic mass is 10.1. The number of thiophene rings is 1. The van der Waals surface area contributed by atoms with Crippen molar-refractivity contribution >= 4 is 16.3 Å². The van der Waals surface area contributed by atoms with Crippen molar-refractivity contribution in [3.05, 3.63) is 62.5 Å². The molecule has 0 aliphatic rings. The summed E-state index contributed by atoms with van der Waals surface area (Å²) >= 11 is 1.22. The number of nitrogens with one attached hydrogen (secondary N) is 1. The number of aryl methyl sites for hydroxylation is 1. The maximum absolute atomic E-state index is 10.6. The fourth-order valence-corrected chi connectivity index (χ4v) is 2.74. The minimum absolute atomic E-state index is 0.196. The van der Waals surface area contributed by atoms with Gasteiger partial charge >= 0.3 is 5.00 Å². The van der Waals surface area contributed by atoms with Crippen LogP contribution < -0.4 is 5.32 Å². The van der Waals surface area contributed by atoms with E-state index in [0.717, 1.165) is 11.3 Å². The van der Waals surface area contributed by atoms with E-state index in [2.05, 4.69) is 43.4 Å². The van der Waals surface area contributed by atoms with Crippen molar-refractivity contribution in [1.82, 2.24) is 5.32 Å². The van der Waals surface area contributed by atoms with Gasteiger partial charge in [-0.05, 0) is 30.5 Å². The normalized spacial score (nSPS) is 12.3. The average molecular weight is 290 g/mol. The van der Waals surface area contributed by atoms with Crippen molar-refractivity contribution in [3.63, 3.8) is 0 Å². The topological polar surface area (TPSA) is 55.2 Å². The van der Waals surface area contributed by atoms with Crippen LogP contribution >= 0.6 is 11.3 Å². The molecule has 2 aromatic rings. The highest BCUT2D eigenvalue weighted by Crippen LogP contribution is 2.24. The molecule has 4 nitrogen and oxygen atoms in total. The molecule has 1 aromatic carbocycles. The van der Waals surface area contributed by atoms with Gasteiger partial charge in [0.15, 0.2) is 0 Å². The van der Waals surface area contributed by atoms with Crippen LogP contribution in [0.4, 0.5) is 5.00 Å². The number of rotatable bonds is 6. The van der Waals surface area contributed by atoms with Gasteiger partial charge in [-0.3, -0.25) is 10.1 Å². The van der Waals surface area contributed by atoms with Gasteiger partial charge in [0.25, 0.3) is 0 Å². The molecular weight excluding hydrogens is 272 g/mol. The maximum atomic E-state index is 10.6. The van der Waals surface area contributed by atoms with E-state index < -0.39 is 0 Å². The van der Waals surface area contributed by atoms with Crippen LogP contribution in [0.3, 0.4) is 0 Å². The van der Waals surface area contributed by atoms with Crippen LogP contribution in [0.25, 0.3) is 0 Å². The maximum Gasteiger partial charge on any atom is 0.324 e. The van der Waals surface area contributed by atoms with Gasteiger partial charge in [-0.2, -0.15) is 0 Å².